The van der Waals surface area contributed by atoms with E-state index in [9.17, 15) is 4.79 Å². The van der Waals surface area contributed by atoms with E-state index in [2.05, 4.69) is 35.1 Å². The molecule has 1 aromatic heterocycles. The monoisotopic (exact) mass is 327 g/mol. The molecule has 2 aromatic rings. The van der Waals surface area contributed by atoms with Gasteiger partial charge in [-0.25, -0.2) is 4.98 Å². The van der Waals surface area contributed by atoms with Crippen LogP contribution in [0.15, 0.2) is 42.6 Å². The summed E-state index contributed by atoms with van der Waals surface area (Å²) in [4.78, 5) is 17.3. The molecule has 0 aliphatic rings. The van der Waals surface area contributed by atoms with Gasteiger partial charge < -0.3 is 15.3 Å². The quantitative estimate of drug-likeness (QED) is 0.776. The molecule has 2 rings (SSSR count). The number of carbonyl (C=O) groups is 1. The summed E-state index contributed by atoms with van der Waals surface area (Å²) >= 11 is 0. The molecular formula is C19H25N3O2. The predicted octanol–water partition coefficient (Wildman–Crippen LogP) is 3.56. The first-order chi connectivity index (χ1) is 11.5. The highest BCUT2D eigenvalue weighted by atomic mass is 16.4. The maximum Gasteiger partial charge on any atom is 0.303 e. The highest BCUT2D eigenvalue weighted by Crippen LogP contribution is 2.15. The number of hydrogen-bond donors (Lipinski definition) is 2. The van der Waals surface area contributed by atoms with E-state index >= 15 is 0 Å². The molecule has 0 saturated heterocycles. The molecule has 0 unspecified atom stereocenters. The molecule has 0 atom stereocenters. The minimum absolute atomic E-state index is 0.151. The third kappa shape index (κ3) is 5.26. The van der Waals surface area contributed by atoms with Gasteiger partial charge in [0.1, 0.15) is 5.82 Å². The van der Waals surface area contributed by atoms with Crippen LogP contribution in [0.5, 0.6) is 0 Å². The van der Waals surface area contributed by atoms with Gasteiger partial charge in [0.2, 0.25) is 0 Å². The Hall–Kier alpha value is -2.56. The first-order valence-corrected chi connectivity index (χ1v) is 8.18. The molecular weight excluding hydrogens is 302 g/mol. The van der Waals surface area contributed by atoms with Crippen molar-refractivity contribution in [2.24, 2.45) is 0 Å². The van der Waals surface area contributed by atoms with Crippen LogP contribution in [0.4, 0.5) is 11.5 Å². The van der Waals surface area contributed by atoms with Gasteiger partial charge in [0.25, 0.3) is 0 Å². The Morgan fingerprint density at radius 2 is 2.04 bits per heavy atom. The van der Waals surface area contributed by atoms with E-state index in [1.165, 1.54) is 0 Å². The van der Waals surface area contributed by atoms with Crippen molar-refractivity contribution in [1.29, 1.82) is 0 Å². The molecule has 0 bridgehead atoms. The van der Waals surface area contributed by atoms with Gasteiger partial charge in [-0.3, -0.25) is 4.79 Å². The van der Waals surface area contributed by atoms with E-state index in [1.54, 1.807) is 0 Å². The molecule has 0 spiro atoms. The van der Waals surface area contributed by atoms with Crippen molar-refractivity contribution >= 4 is 17.5 Å². The van der Waals surface area contributed by atoms with E-state index in [0.717, 1.165) is 22.6 Å². The van der Waals surface area contributed by atoms with Crippen LogP contribution in [-0.2, 0) is 17.8 Å². The molecule has 1 heterocycles. The van der Waals surface area contributed by atoms with Crippen LogP contribution in [0.25, 0.3) is 0 Å². The number of hydrogen-bond acceptors (Lipinski definition) is 4. The summed E-state index contributed by atoms with van der Waals surface area (Å²) in [7, 11) is 2.04. The van der Waals surface area contributed by atoms with E-state index < -0.39 is 5.97 Å². The number of carboxylic acids is 1. The van der Waals surface area contributed by atoms with Gasteiger partial charge in [0.15, 0.2) is 0 Å². The molecule has 0 amide bonds. The van der Waals surface area contributed by atoms with E-state index in [1.807, 2.05) is 43.6 Å². The summed E-state index contributed by atoms with van der Waals surface area (Å²) in [6, 6.07) is 12.4. The lowest BCUT2D eigenvalue weighted by molar-refractivity contribution is -0.136. The summed E-state index contributed by atoms with van der Waals surface area (Å²) in [6.45, 7) is 4.95. The molecule has 24 heavy (non-hydrogen) atoms. The number of aliphatic carboxylic acids is 1. The second kappa shape index (κ2) is 8.34. The first-order valence-electron chi connectivity index (χ1n) is 8.18. The fourth-order valence-electron chi connectivity index (χ4n) is 2.29. The summed E-state index contributed by atoms with van der Waals surface area (Å²) in [6.07, 6.45) is 2.58. The number of benzene rings is 1. The lowest BCUT2D eigenvalue weighted by atomic mass is 10.1. The zero-order valence-electron chi connectivity index (χ0n) is 14.5. The van der Waals surface area contributed by atoms with Crippen LogP contribution in [0.3, 0.4) is 0 Å². The SMILES string of the molecule is CC(C)N(C)c1ccc(CNc2cccc(CCC(=O)O)c2)cn1. The number of aryl methyl sites for hydroxylation is 1. The minimum atomic E-state index is -0.772. The Balaban J connectivity index is 1.93. The molecule has 0 aliphatic heterocycles. The van der Waals surface area contributed by atoms with Crippen LogP contribution in [0.1, 0.15) is 31.4 Å². The first kappa shape index (κ1) is 17.8. The number of pyridine rings is 1. The van der Waals surface area contributed by atoms with Gasteiger partial charge >= 0.3 is 5.97 Å². The Bertz CT molecular complexity index is 669. The van der Waals surface area contributed by atoms with Gasteiger partial charge in [-0.15, -0.1) is 0 Å². The van der Waals surface area contributed by atoms with Crippen LogP contribution in [0.2, 0.25) is 0 Å². The largest absolute Gasteiger partial charge is 0.481 e. The Morgan fingerprint density at radius 1 is 1.25 bits per heavy atom. The average Bonchev–Trinajstić information content (AvgIpc) is 2.58. The van der Waals surface area contributed by atoms with Crippen molar-refractivity contribution in [1.82, 2.24) is 4.98 Å². The zero-order chi connectivity index (χ0) is 17.5. The van der Waals surface area contributed by atoms with E-state index in [-0.39, 0.29) is 6.42 Å². The van der Waals surface area contributed by atoms with Crippen LogP contribution in [-0.4, -0.2) is 29.1 Å². The van der Waals surface area contributed by atoms with Crippen LogP contribution in [0, 0.1) is 0 Å². The molecule has 0 fully saturated rings. The normalized spacial score (nSPS) is 10.7. The second-order valence-corrected chi connectivity index (χ2v) is 6.18. The lowest BCUT2D eigenvalue weighted by Gasteiger charge is -2.22. The van der Waals surface area contributed by atoms with Gasteiger partial charge in [0.05, 0.1) is 0 Å². The molecule has 0 aliphatic carbocycles. The van der Waals surface area contributed by atoms with E-state index in [0.29, 0.717) is 19.0 Å². The smallest absolute Gasteiger partial charge is 0.303 e. The molecule has 0 saturated carbocycles. The number of nitrogens with one attached hydrogen (secondary N) is 1. The standard InChI is InChI=1S/C19H25N3O2/c1-14(2)22(3)18-9-7-16(13-21-18)12-20-17-6-4-5-15(11-17)8-10-19(23)24/h4-7,9,11,13-14,20H,8,10,12H2,1-3H3,(H,23,24). The molecule has 5 nitrogen and oxygen atoms in total. The van der Waals surface area contributed by atoms with Crippen molar-refractivity contribution in [3.05, 3.63) is 53.7 Å². The summed E-state index contributed by atoms with van der Waals surface area (Å²) < 4.78 is 0. The fourth-order valence-corrected chi connectivity index (χ4v) is 2.29. The van der Waals surface area contributed by atoms with Crippen molar-refractivity contribution in [3.8, 4) is 0 Å². The van der Waals surface area contributed by atoms with E-state index in [4.69, 9.17) is 5.11 Å². The summed E-state index contributed by atoms with van der Waals surface area (Å²) in [5, 5.41) is 12.1. The molecule has 1 aromatic carbocycles. The predicted molar refractivity (Wildman–Crippen MR) is 97.5 cm³/mol. The van der Waals surface area contributed by atoms with Crippen molar-refractivity contribution in [2.75, 3.05) is 17.3 Å². The Labute approximate surface area is 143 Å². The number of aromatic nitrogens is 1. The third-order valence-electron chi connectivity index (χ3n) is 4.00. The number of rotatable bonds is 8. The minimum Gasteiger partial charge on any atom is -0.481 e. The Morgan fingerprint density at radius 3 is 2.67 bits per heavy atom. The van der Waals surface area contributed by atoms with Gasteiger partial charge in [-0.05, 0) is 49.6 Å². The summed E-state index contributed by atoms with van der Waals surface area (Å²) in [5.41, 5.74) is 3.11. The van der Waals surface area contributed by atoms with Crippen molar-refractivity contribution in [3.63, 3.8) is 0 Å². The maximum absolute atomic E-state index is 10.7. The molecule has 0 radical (unpaired) electrons. The summed E-state index contributed by atoms with van der Waals surface area (Å²) in [5.74, 6) is 0.190. The topological polar surface area (TPSA) is 65.5 Å². The van der Waals surface area contributed by atoms with Gasteiger partial charge in [-0.1, -0.05) is 18.2 Å². The van der Waals surface area contributed by atoms with Crippen LogP contribution >= 0.6 is 0 Å². The van der Waals surface area contributed by atoms with Crippen molar-refractivity contribution in [2.45, 2.75) is 39.3 Å². The fraction of sp³-hybridized carbons (Fsp3) is 0.368. The van der Waals surface area contributed by atoms with Gasteiger partial charge in [-0.2, -0.15) is 0 Å². The molecule has 128 valence electrons. The third-order valence-corrected chi connectivity index (χ3v) is 4.00. The highest BCUT2D eigenvalue weighted by Gasteiger charge is 2.06. The van der Waals surface area contributed by atoms with Gasteiger partial charge in [0, 0.05) is 37.9 Å². The van der Waals surface area contributed by atoms with Crippen LogP contribution < -0.4 is 10.2 Å². The maximum atomic E-state index is 10.7. The number of anilines is 2. The van der Waals surface area contributed by atoms with Crippen molar-refractivity contribution < 1.29 is 9.90 Å². The zero-order valence-corrected chi connectivity index (χ0v) is 14.5. The highest BCUT2D eigenvalue weighted by molar-refractivity contribution is 5.67. The second-order valence-electron chi connectivity index (χ2n) is 6.18. The molecule has 5 heteroatoms. The average molecular weight is 327 g/mol. The number of nitrogens with zero attached hydrogens (tertiary/aromatic N) is 2. The Kier molecular flexibility index (Phi) is 6.18. The lowest BCUT2D eigenvalue weighted by Crippen LogP contribution is -2.26. The number of carboxylic acid groups (broad SMARTS) is 1. The molecule has 2 N–H and O–H groups in total.